The van der Waals surface area contributed by atoms with Crippen molar-refractivity contribution in [2.45, 2.75) is 18.9 Å². The van der Waals surface area contributed by atoms with E-state index in [0.717, 1.165) is 43.6 Å². The highest BCUT2D eigenvalue weighted by molar-refractivity contribution is 7.99. The average Bonchev–Trinajstić information content (AvgIpc) is 2.86. The maximum atomic E-state index is 5.54. The van der Waals surface area contributed by atoms with Gasteiger partial charge in [0.2, 0.25) is 0 Å². The van der Waals surface area contributed by atoms with Gasteiger partial charge in [-0.1, -0.05) is 6.08 Å². The zero-order valence-corrected chi connectivity index (χ0v) is 11.4. The molecular formula is C12H23N3OS. The van der Waals surface area contributed by atoms with Crippen LogP contribution in [0.3, 0.4) is 0 Å². The van der Waals surface area contributed by atoms with Gasteiger partial charge in [-0.05, 0) is 12.8 Å². The molecular weight excluding hydrogens is 234 g/mol. The molecule has 0 saturated carbocycles. The normalized spacial score (nSPS) is 20.3. The average molecular weight is 257 g/mol. The van der Waals surface area contributed by atoms with Gasteiger partial charge in [0.05, 0.1) is 6.10 Å². The molecule has 0 spiro atoms. The van der Waals surface area contributed by atoms with Crippen LogP contribution in [0, 0.1) is 0 Å². The monoisotopic (exact) mass is 257 g/mol. The molecule has 5 heteroatoms. The summed E-state index contributed by atoms with van der Waals surface area (Å²) >= 11 is 1.86. The molecule has 1 fully saturated rings. The van der Waals surface area contributed by atoms with E-state index >= 15 is 0 Å². The van der Waals surface area contributed by atoms with Crippen molar-refractivity contribution in [1.82, 2.24) is 10.6 Å². The van der Waals surface area contributed by atoms with Crippen LogP contribution in [0.2, 0.25) is 0 Å². The Kier molecular flexibility index (Phi) is 7.92. The Bertz CT molecular complexity index is 240. The molecule has 0 bridgehead atoms. The predicted octanol–water partition coefficient (Wildman–Crippen LogP) is 1.25. The van der Waals surface area contributed by atoms with Crippen LogP contribution in [0.25, 0.3) is 0 Å². The maximum Gasteiger partial charge on any atom is 0.191 e. The fraction of sp³-hybridized carbons (Fsp3) is 0.750. The molecule has 1 atom stereocenters. The number of nitrogens with zero attached hydrogens (tertiary/aromatic N) is 1. The molecule has 1 aliphatic heterocycles. The van der Waals surface area contributed by atoms with Crippen LogP contribution in [0.5, 0.6) is 0 Å². The quantitative estimate of drug-likeness (QED) is 0.312. The Hall–Kier alpha value is -0.680. The van der Waals surface area contributed by atoms with Gasteiger partial charge in [0.15, 0.2) is 5.96 Å². The van der Waals surface area contributed by atoms with Crippen molar-refractivity contribution >= 4 is 17.7 Å². The molecule has 1 unspecified atom stereocenters. The Morgan fingerprint density at radius 1 is 1.59 bits per heavy atom. The smallest absolute Gasteiger partial charge is 0.191 e. The van der Waals surface area contributed by atoms with Crippen LogP contribution in [0.15, 0.2) is 17.6 Å². The van der Waals surface area contributed by atoms with E-state index in [2.05, 4.69) is 22.2 Å². The van der Waals surface area contributed by atoms with E-state index in [1.165, 1.54) is 6.42 Å². The van der Waals surface area contributed by atoms with E-state index in [9.17, 15) is 0 Å². The lowest BCUT2D eigenvalue weighted by atomic mass is 10.2. The summed E-state index contributed by atoms with van der Waals surface area (Å²) in [7, 11) is 1.79. The number of aliphatic imine (C=N–C) groups is 1. The lowest BCUT2D eigenvalue weighted by molar-refractivity contribution is 0.114. The third kappa shape index (κ3) is 6.58. The van der Waals surface area contributed by atoms with Gasteiger partial charge < -0.3 is 15.4 Å². The lowest BCUT2D eigenvalue weighted by Crippen LogP contribution is -2.41. The molecule has 4 nitrogen and oxygen atoms in total. The van der Waals surface area contributed by atoms with Gasteiger partial charge in [-0.25, -0.2) is 0 Å². The van der Waals surface area contributed by atoms with Crippen LogP contribution < -0.4 is 10.6 Å². The van der Waals surface area contributed by atoms with Crippen LogP contribution in [-0.4, -0.2) is 50.3 Å². The molecule has 0 aromatic rings. The summed E-state index contributed by atoms with van der Waals surface area (Å²) in [5, 5.41) is 6.57. The van der Waals surface area contributed by atoms with Gasteiger partial charge in [-0.3, -0.25) is 4.99 Å². The molecule has 0 aliphatic carbocycles. The number of rotatable bonds is 7. The van der Waals surface area contributed by atoms with Crippen molar-refractivity contribution in [2.24, 2.45) is 4.99 Å². The van der Waals surface area contributed by atoms with Crippen LogP contribution in [-0.2, 0) is 4.74 Å². The molecule has 1 heterocycles. The zero-order chi connectivity index (χ0) is 12.3. The van der Waals surface area contributed by atoms with E-state index in [-0.39, 0.29) is 0 Å². The molecule has 2 N–H and O–H groups in total. The maximum absolute atomic E-state index is 5.54. The summed E-state index contributed by atoms with van der Waals surface area (Å²) in [6.45, 7) is 6.36. The molecule has 1 rings (SSSR count). The largest absolute Gasteiger partial charge is 0.376 e. The number of thioether (sulfide) groups is 1. The first kappa shape index (κ1) is 14.4. The van der Waals surface area contributed by atoms with Gasteiger partial charge in [0.1, 0.15) is 0 Å². The summed E-state index contributed by atoms with van der Waals surface area (Å²) in [6, 6.07) is 0. The van der Waals surface area contributed by atoms with E-state index in [1.807, 2.05) is 17.8 Å². The first-order valence-electron chi connectivity index (χ1n) is 6.11. The van der Waals surface area contributed by atoms with E-state index in [0.29, 0.717) is 6.10 Å². The molecule has 0 amide bonds. The summed E-state index contributed by atoms with van der Waals surface area (Å²) in [5.74, 6) is 2.93. The first-order valence-corrected chi connectivity index (χ1v) is 7.27. The Balaban J connectivity index is 2.04. The summed E-state index contributed by atoms with van der Waals surface area (Å²) in [4.78, 5) is 4.18. The van der Waals surface area contributed by atoms with Gasteiger partial charge in [-0.15, -0.1) is 6.58 Å². The van der Waals surface area contributed by atoms with Gasteiger partial charge >= 0.3 is 0 Å². The van der Waals surface area contributed by atoms with Gasteiger partial charge in [0.25, 0.3) is 0 Å². The van der Waals surface area contributed by atoms with Crippen LogP contribution >= 0.6 is 11.8 Å². The first-order chi connectivity index (χ1) is 8.36. The molecule has 98 valence electrons. The van der Waals surface area contributed by atoms with Crippen LogP contribution in [0.4, 0.5) is 0 Å². The molecule has 1 saturated heterocycles. The van der Waals surface area contributed by atoms with Crippen LogP contribution in [0.1, 0.15) is 12.8 Å². The number of ether oxygens (including phenoxy) is 1. The van der Waals surface area contributed by atoms with Crippen molar-refractivity contribution in [2.75, 3.05) is 38.2 Å². The second-order valence-corrected chi connectivity index (χ2v) is 5.03. The third-order valence-electron chi connectivity index (χ3n) is 2.52. The molecule has 0 aromatic carbocycles. The second-order valence-electron chi connectivity index (χ2n) is 3.88. The molecule has 17 heavy (non-hydrogen) atoms. The standard InChI is InChI=1S/C12H23N3OS/c1-3-8-17-9-6-14-12(13-2)15-10-11-5-4-7-16-11/h3,11H,1,4-10H2,2H3,(H2,13,14,15). The fourth-order valence-electron chi connectivity index (χ4n) is 1.64. The van der Waals surface area contributed by atoms with Crippen molar-refractivity contribution in [1.29, 1.82) is 0 Å². The van der Waals surface area contributed by atoms with Crippen molar-refractivity contribution in [3.8, 4) is 0 Å². The highest BCUT2D eigenvalue weighted by Gasteiger charge is 2.15. The lowest BCUT2D eigenvalue weighted by Gasteiger charge is -2.14. The molecule has 1 aliphatic rings. The Morgan fingerprint density at radius 2 is 2.47 bits per heavy atom. The van der Waals surface area contributed by atoms with Crippen molar-refractivity contribution in [3.05, 3.63) is 12.7 Å². The Labute approximate surface area is 108 Å². The summed E-state index contributed by atoms with van der Waals surface area (Å²) < 4.78 is 5.54. The molecule has 0 aromatic heterocycles. The van der Waals surface area contributed by atoms with Crippen molar-refractivity contribution in [3.63, 3.8) is 0 Å². The Morgan fingerprint density at radius 3 is 3.12 bits per heavy atom. The van der Waals surface area contributed by atoms with E-state index in [4.69, 9.17) is 4.74 Å². The highest BCUT2D eigenvalue weighted by atomic mass is 32.2. The summed E-state index contributed by atoms with van der Waals surface area (Å²) in [5.41, 5.74) is 0. The topological polar surface area (TPSA) is 45.7 Å². The zero-order valence-electron chi connectivity index (χ0n) is 10.6. The van der Waals surface area contributed by atoms with Gasteiger partial charge in [-0.2, -0.15) is 11.8 Å². The minimum Gasteiger partial charge on any atom is -0.376 e. The third-order valence-corrected chi connectivity index (χ3v) is 3.48. The van der Waals surface area contributed by atoms with E-state index < -0.39 is 0 Å². The SMILES string of the molecule is C=CCSCCNC(=NC)NCC1CCCO1. The van der Waals surface area contributed by atoms with Gasteiger partial charge in [0, 0.05) is 38.2 Å². The second kappa shape index (κ2) is 9.36. The number of guanidine groups is 1. The predicted molar refractivity (Wildman–Crippen MR) is 75.9 cm³/mol. The summed E-state index contributed by atoms with van der Waals surface area (Å²) in [6.07, 6.45) is 4.61. The highest BCUT2D eigenvalue weighted by Crippen LogP contribution is 2.10. The molecule has 0 radical (unpaired) electrons. The van der Waals surface area contributed by atoms with E-state index in [1.54, 1.807) is 7.05 Å². The number of hydrogen-bond donors (Lipinski definition) is 2. The number of nitrogens with one attached hydrogen (secondary N) is 2. The minimum atomic E-state index is 0.351. The minimum absolute atomic E-state index is 0.351. The fourth-order valence-corrected chi connectivity index (χ4v) is 2.22. The number of hydrogen-bond acceptors (Lipinski definition) is 3. The van der Waals surface area contributed by atoms with Crippen molar-refractivity contribution < 1.29 is 4.74 Å².